The quantitative estimate of drug-likeness (QED) is 0.776. The standard InChI is InChI=1S/C10H11F2N5O2S/c1-5(13)9-14-10(16-15-9)17-20(18,19)6-2-3-7(11)8(12)4-6/h2-5H,13H2,1H3,(H2,14,15,16,17). The topological polar surface area (TPSA) is 114 Å². The molecule has 0 radical (unpaired) electrons. The highest BCUT2D eigenvalue weighted by Gasteiger charge is 2.19. The van der Waals surface area contributed by atoms with E-state index in [1.54, 1.807) is 6.92 Å². The Hall–Kier alpha value is -2.07. The molecule has 0 spiro atoms. The summed E-state index contributed by atoms with van der Waals surface area (Å²) in [6.07, 6.45) is 0. The number of halogens is 2. The molecule has 1 unspecified atom stereocenters. The summed E-state index contributed by atoms with van der Waals surface area (Å²) in [5.41, 5.74) is 5.54. The Morgan fingerprint density at radius 2 is 2.05 bits per heavy atom. The summed E-state index contributed by atoms with van der Waals surface area (Å²) >= 11 is 0. The summed E-state index contributed by atoms with van der Waals surface area (Å²) in [7, 11) is -4.11. The fourth-order valence-electron chi connectivity index (χ4n) is 1.35. The largest absolute Gasteiger partial charge is 0.322 e. The van der Waals surface area contributed by atoms with Crippen molar-refractivity contribution in [2.75, 3.05) is 4.72 Å². The molecule has 4 N–H and O–H groups in total. The zero-order chi connectivity index (χ0) is 14.9. The molecular formula is C10H11F2N5O2S. The molecule has 1 aromatic carbocycles. The summed E-state index contributed by atoms with van der Waals surface area (Å²) in [5, 5.41) is 6.07. The van der Waals surface area contributed by atoms with E-state index in [2.05, 4.69) is 15.2 Å². The number of sulfonamides is 1. The average molecular weight is 303 g/mol. The average Bonchev–Trinajstić information content (AvgIpc) is 2.80. The van der Waals surface area contributed by atoms with Gasteiger partial charge in [-0.3, -0.25) is 5.10 Å². The molecule has 0 saturated carbocycles. The van der Waals surface area contributed by atoms with Gasteiger partial charge in [-0.05, 0) is 25.1 Å². The lowest BCUT2D eigenvalue weighted by Crippen LogP contribution is -2.14. The van der Waals surface area contributed by atoms with Crippen LogP contribution in [0.15, 0.2) is 23.1 Å². The number of hydrogen-bond donors (Lipinski definition) is 3. The van der Waals surface area contributed by atoms with E-state index in [0.29, 0.717) is 6.07 Å². The highest BCUT2D eigenvalue weighted by molar-refractivity contribution is 7.92. The van der Waals surface area contributed by atoms with Gasteiger partial charge < -0.3 is 5.73 Å². The first-order valence-corrected chi connectivity index (χ1v) is 6.93. The van der Waals surface area contributed by atoms with Gasteiger partial charge in [0, 0.05) is 0 Å². The molecule has 0 aliphatic carbocycles. The predicted molar refractivity (Wildman–Crippen MR) is 66.2 cm³/mol. The smallest absolute Gasteiger partial charge is 0.264 e. The highest BCUT2D eigenvalue weighted by atomic mass is 32.2. The Bertz CT molecular complexity index is 729. The lowest BCUT2D eigenvalue weighted by Gasteiger charge is -2.04. The lowest BCUT2D eigenvalue weighted by atomic mass is 10.3. The van der Waals surface area contributed by atoms with Crippen molar-refractivity contribution in [3.8, 4) is 0 Å². The third-order valence-corrected chi connectivity index (χ3v) is 3.69. The lowest BCUT2D eigenvalue weighted by molar-refractivity contribution is 0.504. The molecule has 0 bridgehead atoms. The van der Waals surface area contributed by atoms with Crippen LogP contribution in [0.4, 0.5) is 14.7 Å². The predicted octanol–water partition coefficient (Wildman–Crippen LogP) is 0.903. The molecule has 2 aromatic rings. The molecule has 1 heterocycles. The van der Waals surface area contributed by atoms with Crippen molar-refractivity contribution in [2.24, 2.45) is 5.73 Å². The minimum Gasteiger partial charge on any atom is -0.322 e. The van der Waals surface area contributed by atoms with Crippen LogP contribution in [0.3, 0.4) is 0 Å². The Morgan fingerprint density at radius 1 is 1.35 bits per heavy atom. The first kappa shape index (κ1) is 14.3. The number of nitrogens with zero attached hydrogens (tertiary/aromatic N) is 2. The van der Waals surface area contributed by atoms with Gasteiger partial charge >= 0.3 is 0 Å². The second-order valence-electron chi connectivity index (χ2n) is 4.01. The maximum absolute atomic E-state index is 13.0. The molecule has 0 aliphatic heterocycles. The summed E-state index contributed by atoms with van der Waals surface area (Å²) in [4.78, 5) is 3.37. The monoisotopic (exact) mass is 303 g/mol. The SMILES string of the molecule is CC(N)c1nc(NS(=O)(=O)c2ccc(F)c(F)c2)n[nH]1. The van der Waals surface area contributed by atoms with Gasteiger partial charge in [0.2, 0.25) is 0 Å². The molecule has 1 atom stereocenters. The van der Waals surface area contributed by atoms with Crippen molar-refractivity contribution in [3.63, 3.8) is 0 Å². The Morgan fingerprint density at radius 3 is 2.60 bits per heavy atom. The van der Waals surface area contributed by atoms with Gasteiger partial charge in [-0.2, -0.15) is 4.98 Å². The number of nitrogens with one attached hydrogen (secondary N) is 2. The van der Waals surface area contributed by atoms with E-state index in [1.165, 1.54) is 0 Å². The minimum atomic E-state index is -4.11. The summed E-state index contributed by atoms with van der Waals surface area (Å²) in [5.74, 6) is -2.35. The molecule has 0 aliphatic rings. The van der Waals surface area contributed by atoms with Crippen molar-refractivity contribution in [1.29, 1.82) is 0 Å². The van der Waals surface area contributed by atoms with E-state index >= 15 is 0 Å². The molecule has 0 saturated heterocycles. The van der Waals surface area contributed by atoms with Crippen molar-refractivity contribution in [2.45, 2.75) is 17.9 Å². The van der Waals surface area contributed by atoms with Gasteiger partial charge in [0.1, 0.15) is 5.82 Å². The minimum absolute atomic E-state index is 0.234. The maximum atomic E-state index is 13.0. The van der Waals surface area contributed by atoms with Gasteiger partial charge in [-0.15, -0.1) is 5.10 Å². The number of rotatable bonds is 4. The number of hydrogen-bond acceptors (Lipinski definition) is 5. The van der Waals surface area contributed by atoms with Crippen LogP contribution < -0.4 is 10.5 Å². The number of aromatic amines is 1. The summed E-state index contributed by atoms with van der Waals surface area (Å²) in [6, 6.07) is 1.76. The van der Waals surface area contributed by atoms with Crippen LogP contribution in [0.5, 0.6) is 0 Å². The summed E-state index contributed by atoms with van der Waals surface area (Å²) in [6.45, 7) is 1.63. The van der Waals surface area contributed by atoms with E-state index in [-0.39, 0.29) is 11.8 Å². The van der Waals surface area contributed by atoms with Crippen molar-refractivity contribution >= 4 is 16.0 Å². The molecule has 0 fully saturated rings. The zero-order valence-corrected chi connectivity index (χ0v) is 11.1. The highest BCUT2D eigenvalue weighted by Crippen LogP contribution is 2.16. The van der Waals surface area contributed by atoms with E-state index in [9.17, 15) is 17.2 Å². The molecule has 0 amide bonds. The third kappa shape index (κ3) is 2.91. The first-order chi connectivity index (χ1) is 9.29. The number of nitrogens with two attached hydrogens (primary N) is 1. The second-order valence-corrected chi connectivity index (χ2v) is 5.70. The van der Waals surface area contributed by atoms with Crippen LogP contribution in [-0.2, 0) is 10.0 Å². The van der Waals surface area contributed by atoms with Crippen LogP contribution in [0.1, 0.15) is 18.8 Å². The molecule has 1 aromatic heterocycles. The second kappa shape index (κ2) is 5.13. The number of anilines is 1. The van der Waals surface area contributed by atoms with E-state index in [1.807, 2.05) is 4.72 Å². The van der Waals surface area contributed by atoms with E-state index < -0.39 is 32.6 Å². The van der Waals surface area contributed by atoms with Crippen LogP contribution in [-0.4, -0.2) is 23.6 Å². The van der Waals surface area contributed by atoms with Crippen molar-refractivity contribution in [3.05, 3.63) is 35.7 Å². The van der Waals surface area contributed by atoms with E-state index in [4.69, 9.17) is 5.73 Å². The Balaban J connectivity index is 2.28. The van der Waals surface area contributed by atoms with Gasteiger partial charge in [-0.25, -0.2) is 21.9 Å². The third-order valence-electron chi connectivity index (χ3n) is 2.36. The Kier molecular flexibility index (Phi) is 3.68. The van der Waals surface area contributed by atoms with Crippen LogP contribution in [0.25, 0.3) is 0 Å². The number of benzene rings is 1. The molecule has 7 nitrogen and oxygen atoms in total. The van der Waals surface area contributed by atoms with E-state index in [0.717, 1.165) is 12.1 Å². The zero-order valence-electron chi connectivity index (χ0n) is 10.3. The Labute approximate surface area is 113 Å². The fourth-order valence-corrected chi connectivity index (χ4v) is 2.30. The molecular weight excluding hydrogens is 292 g/mol. The molecule has 2 rings (SSSR count). The molecule has 20 heavy (non-hydrogen) atoms. The van der Waals surface area contributed by atoms with Crippen molar-refractivity contribution < 1.29 is 17.2 Å². The summed E-state index contributed by atoms with van der Waals surface area (Å²) < 4.78 is 51.7. The van der Waals surface area contributed by atoms with Gasteiger partial charge in [0.15, 0.2) is 11.6 Å². The molecule has 10 heteroatoms. The van der Waals surface area contributed by atoms with Crippen LogP contribution >= 0.6 is 0 Å². The van der Waals surface area contributed by atoms with Gasteiger partial charge in [0.05, 0.1) is 10.9 Å². The van der Waals surface area contributed by atoms with Crippen LogP contribution in [0.2, 0.25) is 0 Å². The van der Waals surface area contributed by atoms with Crippen molar-refractivity contribution in [1.82, 2.24) is 15.2 Å². The fraction of sp³-hybridized carbons (Fsp3) is 0.200. The number of H-pyrrole nitrogens is 1. The van der Waals surface area contributed by atoms with Crippen LogP contribution in [0, 0.1) is 11.6 Å². The number of aromatic nitrogens is 3. The maximum Gasteiger partial charge on any atom is 0.264 e. The normalized spacial score (nSPS) is 13.2. The molecule has 108 valence electrons. The van der Waals surface area contributed by atoms with Gasteiger partial charge in [0.25, 0.3) is 16.0 Å². The van der Waals surface area contributed by atoms with Gasteiger partial charge in [-0.1, -0.05) is 0 Å². The first-order valence-electron chi connectivity index (χ1n) is 5.45.